The molecule has 0 aromatic carbocycles. The van der Waals surface area contributed by atoms with Crippen LogP contribution in [0.3, 0.4) is 0 Å². The second-order valence-corrected chi connectivity index (χ2v) is 6.33. The van der Waals surface area contributed by atoms with Crippen LogP contribution < -0.4 is 11.3 Å². The van der Waals surface area contributed by atoms with Gasteiger partial charge in [-0.2, -0.15) is 13.4 Å². The molecule has 14 heteroatoms. The first-order valence-electron chi connectivity index (χ1n) is 6.52. The molecule has 1 aliphatic heterocycles. The number of anilines is 1. The van der Waals surface area contributed by atoms with Gasteiger partial charge in [-0.3, -0.25) is 13.9 Å². The molecule has 2 aromatic heterocycles. The Morgan fingerprint density at radius 3 is 2.54 bits per heavy atom. The number of nitrogen functional groups attached to an aromatic ring is 1. The predicted octanol–water partition coefficient (Wildman–Crippen LogP) is -3.56. The summed E-state index contributed by atoms with van der Waals surface area (Å²) in [5, 5.41) is 28.9. The van der Waals surface area contributed by atoms with Crippen LogP contribution in [0.25, 0.3) is 11.2 Å². The number of rotatable bonds is 3. The molecule has 0 amide bonds. The van der Waals surface area contributed by atoms with Gasteiger partial charge in [-0.1, -0.05) is 0 Å². The molecule has 0 aliphatic carbocycles. The molecule has 0 bridgehead atoms. The Bertz CT molecular complexity index is 952. The number of ether oxygens (including phenoxy) is 1. The minimum Gasteiger partial charge on any atom is -0.394 e. The fourth-order valence-electron chi connectivity index (χ4n) is 2.49. The summed E-state index contributed by atoms with van der Waals surface area (Å²) in [6.45, 7) is -0.563. The van der Waals surface area contributed by atoms with Crippen LogP contribution in [-0.2, 0) is 15.0 Å². The second kappa shape index (κ2) is 5.47. The summed E-state index contributed by atoms with van der Waals surface area (Å²) in [4.78, 5) is 19.5. The van der Waals surface area contributed by atoms with Crippen molar-refractivity contribution in [1.82, 2.24) is 18.5 Å². The van der Waals surface area contributed by atoms with E-state index in [1.165, 1.54) is 0 Å². The van der Waals surface area contributed by atoms with Gasteiger partial charge in [0.1, 0.15) is 18.3 Å². The first kappa shape index (κ1) is 16.7. The SMILES string of the molecule is Nc1nc2c(ncn2[C@@H]2O[C@H](CO)[C@@H](O)[C@H]2O)c(=O)n1S(=O)(=O)O. The van der Waals surface area contributed by atoms with Crippen LogP contribution >= 0.6 is 0 Å². The van der Waals surface area contributed by atoms with Crippen LogP contribution in [0.15, 0.2) is 11.1 Å². The number of imidazole rings is 1. The third-order valence-electron chi connectivity index (χ3n) is 3.61. The number of aliphatic hydroxyl groups excluding tert-OH is 3. The molecule has 0 radical (unpaired) electrons. The van der Waals surface area contributed by atoms with Crippen molar-refractivity contribution in [2.75, 3.05) is 12.3 Å². The summed E-state index contributed by atoms with van der Waals surface area (Å²) in [5.74, 6) is -0.830. The van der Waals surface area contributed by atoms with Crippen molar-refractivity contribution < 1.29 is 33.0 Å². The maximum absolute atomic E-state index is 12.1. The van der Waals surface area contributed by atoms with Gasteiger partial charge in [-0.25, -0.2) is 4.98 Å². The minimum atomic E-state index is -4.98. The molecule has 2 aromatic rings. The van der Waals surface area contributed by atoms with E-state index in [1.54, 1.807) is 0 Å². The van der Waals surface area contributed by atoms with E-state index in [0.29, 0.717) is 0 Å². The largest absolute Gasteiger partial charge is 0.394 e. The minimum absolute atomic E-state index is 0.135. The van der Waals surface area contributed by atoms with Crippen LogP contribution in [0, 0.1) is 0 Å². The van der Waals surface area contributed by atoms with E-state index < -0.39 is 58.5 Å². The van der Waals surface area contributed by atoms with Gasteiger partial charge >= 0.3 is 10.3 Å². The fraction of sp³-hybridized carbons (Fsp3) is 0.500. The smallest absolute Gasteiger partial charge is 0.369 e. The van der Waals surface area contributed by atoms with E-state index in [9.17, 15) is 23.4 Å². The lowest BCUT2D eigenvalue weighted by Gasteiger charge is -2.16. The van der Waals surface area contributed by atoms with Crippen molar-refractivity contribution in [3.63, 3.8) is 0 Å². The third kappa shape index (κ3) is 2.36. The molecule has 0 spiro atoms. The summed E-state index contributed by atoms with van der Waals surface area (Å²) in [6, 6.07) is 0. The van der Waals surface area contributed by atoms with Crippen molar-refractivity contribution in [2.45, 2.75) is 24.5 Å². The molecule has 132 valence electrons. The zero-order valence-electron chi connectivity index (χ0n) is 11.8. The Labute approximate surface area is 133 Å². The van der Waals surface area contributed by atoms with Gasteiger partial charge in [0.25, 0.3) is 5.56 Å². The first-order chi connectivity index (χ1) is 11.2. The lowest BCUT2D eigenvalue weighted by Crippen LogP contribution is -2.33. The summed E-state index contributed by atoms with van der Waals surface area (Å²) in [6.07, 6.45) is -4.15. The summed E-state index contributed by atoms with van der Waals surface area (Å²) in [5.41, 5.74) is 3.46. The van der Waals surface area contributed by atoms with Crippen molar-refractivity contribution >= 4 is 27.4 Å². The predicted molar refractivity (Wildman–Crippen MR) is 76.2 cm³/mol. The van der Waals surface area contributed by atoms with Gasteiger partial charge in [0, 0.05) is 0 Å². The standard InChI is InChI=1S/C10H13N5O8S/c11-10-13-7-4(8(19)15(10)24(20,21)22)12-2-14(7)9-6(18)5(17)3(1-16)23-9/h2-3,5-6,9,16-18H,1H2,(H2,11,13)(H,20,21,22)/t3-,5-,6-,9-/m1/s1. The molecule has 3 rings (SSSR count). The van der Waals surface area contributed by atoms with Crippen LogP contribution in [0.1, 0.15) is 6.23 Å². The monoisotopic (exact) mass is 363 g/mol. The van der Waals surface area contributed by atoms with E-state index >= 15 is 0 Å². The highest BCUT2D eigenvalue weighted by Crippen LogP contribution is 2.30. The Morgan fingerprint density at radius 2 is 2.00 bits per heavy atom. The molecular weight excluding hydrogens is 350 g/mol. The summed E-state index contributed by atoms with van der Waals surface area (Å²) >= 11 is 0. The van der Waals surface area contributed by atoms with Crippen LogP contribution in [0.2, 0.25) is 0 Å². The van der Waals surface area contributed by atoms with Crippen molar-refractivity contribution in [2.24, 2.45) is 0 Å². The number of aliphatic hydroxyl groups is 3. The quantitative estimate of drug-likeness (QED) is 0.337. The topological polar surface area (TPSA) is 203 Å². The lowest BCUT2D eigenvalue weighted by molar-refractivity contribution is -0.0511. The van der Waals surface area contributed by atoms with E-state index in [1.807, 2.05) is 0 Å². The maximum Gasteiger partial charge on any atom is 0.369 e. The highest BCUT2D eigenvalue weighted by molar-refractivity contribution is 7.84. The number of nitrogens with zero attached hydrogens (tertiary/aromatic N) is 4. The molecule has 6 N–H and O–H groups in total. The molecule has 13 nitrogen and oxygen atoms in total. The average molecular weight is 363 g/mol. The van der Waals surface area contributed by atoms with Gasteiger partial charge in [-0.05, 0) is 0 Å². The van der Waals surface area contributed by atoms with Crippen molar-refractivity contribution in [3.05, 3.63) is 16.7 Å². The number of fused-ring (bicyclic) bond motifs is 1. The first-order valence-corrected chi connectivity index (χ1v) is 7.92. The number of hydrogen-bond donors (Lipinski definition) is 5. The second-order valence-electron chi connectivity index (χ2n) is 5.07. The van der Waals surface area contributed by atoms with Gasteiger partial charge in [0.05, 0.1) is 12.9 Å². The number of aromatic nitrogens is 4. The molecule has 1 saturated heterocycles. The fourth-order valence-corrected chi connectivity index (χ4v) is 3.06. The van der Waals surface area contributed by atoms with E-state index in [4.69, 9.17) is 20.1 Å². The molecule has 1 fully saturated rings. The van der Waals surface area contributed by atoms with Gasteiger partial charge in [0.15, 0.2) is 17.4 Å². The number of nitrogens with two attached hydrogens (primary N) is 1. The van der Waals surface area contributed by atoms with Crippen molar-refractivity contribution in [3.8, 4) is 0 Å². The van der Waals surface area contributed by atoms with Crippen molar-refractivity contribution in [1.29, 1.82) is 0 Å². The van der Waals surface area contributed by atoms with Gasteiger partial charge < -0.3 is 25.8 Å². The summed E-state index contributed by atoms with van der Waals surface area (Å²) < 4.78 is 37.6. The summed E-state index contributed by atoms with van der Waals surface area (Å²) in [7, 11) is -4.98. The Hall–Kier alpha value is -2.10. The zero-order chi connectivity index (χ0) is 17.8. The molecule has 1 aliphatic rings. The highest BCUT2D eigenvalue weighted by atomic mass is 32.2. The van der Waals surface area contributed by atoms with Crippen LogP contribution in [0.4, 0.5) is 5.95 Å². The molecule has 24 heavy (non-hydrogen) atoms. The van der Waals surface area contributed by atoms with E-state index in [-0.39, 0.29) is 9.62 Å². The lowest BCUT2D eigenvalue weighted by atomic mass is 10.1. The molecule has 3 heterocycles. The van der Waals surface area contributed by atoms with Crippen LogP contribution in [-0.4, -0.2) is 71.7 Å². The Balaban J connectivity index is 2.18. The third-order valence-corrected chi connectivity index (χ3v) is 4.42. The molecule has 0 saturated carbocycles. The Morgan fingerprint density at radius 1 is 1.33 bits per heavy atom. The van der Waals surface area contributed by atoms with Gasteiger partial charge in [0.2, 0.25) is 5.95 Å². The van der Waals surface area contributed by atoms with Gasteiger partial charge in [-0.15, -0.1) is 3.97 Å². The molecule has 0 unspecified atom stereocenters. The zero-order valence-corrected chi connectivity index (χ0v) is 12.6. The molecular formula is C10H13N5O8S. The molecule has 4 atom stereocenters. The van der Waals surface area contributed by atoms with E-state index in [0.717, 1.165) is 10.9 Å². The van der Waals surface area contributed by atoms with E-state index in [2.05, 4.69) is 9.97 Å². The van der Waals surface area contributed by atoms with Crippen LogP contribution in [0.5, 0.6) is 0 Å². The number of hydrogen-bond acceptors (Lipinski definition) is 10. The highest BCUT2D eigenvalue weighted by Gasteiger charge is 2.44. The average Bonchev–Trinajstić information content (AvgIpc) is 3.00. The normalized spacial score (nSPS) is 27.8. The Kier molecular flexibility index (Phi) is 3.82. The maximum atomic E-state index is 12.1.